The molecule has 2 rings (SSSR count). The Morgan fingerprint density at radius 1 is 1.38 bits per heavy atom. The minimum Gasteiger partial charge on any atom is -0.369 e. The molecule has 0 radical (unpaired) electrons. The molecule has 1 heterocycles. The predicted octanol–water partition coefficient (Wildman–Crippen LogP) is 2.15. The van der Waals surface area contributed by atoms with Gasteiger partial charge in [0.2, 0.25) is 0 Å². The third-order valence-electron chi connectivity index (χ3n) is 2.82. The second kappa shape index (κ2) is 4.92. The molecule has 1 aromatic rings. The number of ketones is 1. The van der Waals surface area contributed by atoms with Crippen molar-refractivity contribution in [2.45, 2.75) is 26.3 Å². The maximum atomic E-state index is 11.2. The van der Waals surface area contributed by atoms with Crippen LogP contribution in [0.1, 0.15) is 25.5 Å². The van der Waals surface area contributed by atoms with E-state index in [4.69, 9.17) is 0 Å². The lowest BCUT2D eigenvalue weighted by molar-refractivity contribution is -0.114. The second-order valence-electron chi connectivity index (χ2n) is 3.94. The Balaban J connectivity index is 2.07. The van der Waals surface area contributed by atoms with Crippen LogP contribution in [0.3, 0.4) is 0 Å². The Kier molecular flexibility index (Phi) is 3.34. The largest absolute Gasteiger partial charge is 0.369 e. The summed E-state index contributed by atoms with van der Waals surface area (Å²) < 4.78 is 0. The van der Waals surface area contributed by atoms with Gasteiger partial charge in [-0.15, -0.1) is 0 Å². The first-order valence-electron chi connectivity index (χ1n) is 5.68. The molecule has 1 aromatic heterocycles. The Labute approximate surface area is 95.8 Å². The molecule has 0 fully saturated rings. The van der Waals surface area contributed by atoms with Gasteiger partial charge >= 0.3 is 0 Å². The summed E-state index contributed by atoms with van der Waals surface area (Å²) in [5.74, 6) is 0.245. The molecule has 0 amide bonds. The third-order valence-corrected chi connectivity index (χ3v) is 2.82. The van der Waals surface area contributed by atoms with Gasteiger partial charge in [-0.2, -0.15) is 0 Å². The van der Waals surface area contributed by atoms with E-state index in [-0.39, 0.29) is 5.78 Å². The maximum Gasteiger partial charge on any atom is 0.157 e. The zero-order valence-corrected chi connectivity index (χ0v) is 9.52. The van der Waals surface area contributed by atoms with Crippen molar-refractivity contribution >= 4 is 5.78 Å². The normalized spacial score (nSPS) is 15.1. The molecule has 0 aromatic carbocycles. The van der Waals surface area contributed by atoms with Crippen LogP contribution in [0.25, 0.3) is 0 Å². The van der Waals surface area contributed by atoms with Gasteiger partial charge in [0, 0.05) is 30.9 Å². The van der Waals surface area contributed by atoms with Crippen molar-refractivity contribution in [2.24, 2.45) is 0 Å². The Hall–Kier alpha value is -1.64. The monoisotopic (exact) mass is 216 g/mol. The van der Waals surface area contributed by atoms with E-state index in [1.807, 2.05) is 18.2 Å². The van der Waals surface area contributed by atoms with E-state index in [2.05, 4.69) is 16.8 Å². The van der Waals surface area contributed by atoms with Gasteiger partial charge in [-0.1, -0.05) is 6.07 Å². The van der Waals surface area contributed by atoms with Crippen molar-refractivity contribution in [3.05, 3.63) is 41.9 Å². The molecule has 0 atom stereocenters. The van der Waals surface area contributed by atoms with Crippen LogP contribution in [0.15, 0.2) is 36.2 Å². The van der Waals surface area contributed by atoms with Crippen molar-refractivity contribution < 1.29 is 4.79 Å². The maximum absolute atomic E-state index is 11.2. The molecule has 1 aliphatic rings. The molecule has 0 unspecified atom stereocenters. The number of pyridine rings is 1. The van der Waals surface area contributed by atoms with E-state index in [1.54, 1.807) is 12.3 Å². The Bertz CT molecular complexity index is 398. The smallest absolute Gasteiger partial charge is 0.157 e. The van der Waals surface area contributed by atoms with Gasteiger partial charge in [-0.05, 0) is 25.5 Å². The molecular formula is C13H16N2O. The fourth-order valence-electron chi connectivity index (χ4n) is 1.93. The lowest BCUT2D eigenvalue weighted by atomic mass is 10.2. The molecular weight excluding hydrogens is 200 g/mol. The van der Waals surface area contributed by atoms with E-state index in [1.165, 1.54) is 0 Å². The molecule has 0 N–H and O–H groups in total. The summed E-state index contributed by atoms with van der Waals surface area (Å²) in [5, 5.41) is 0. The van der Waals surface area contributed by atoms with Crippen LogP contribution >= 0.6 is 0 Å². The molecule has 3 heteroatoms. The van der Waals surface area contributed by atoms with Crippen molar-refractivity contribution in [3.8, 4) is 0 Å². The van der Waals surface area contributed by atoms with Crippen LogP contribution in [0, 0.1) is 0 Å². The summed E-state index contributed by atoms with van der Waals surface area (Å²) in [6.07, 6.45) is 5.11. The summed E-state index contributed by atoms with van der Waals surface area (Å²) in [6.45, 7) is 3.80. The topological polar surface area (TPSA) is 33.2 Å². The highest BCUT2D eigenvalue weighted by molar-refractivity contribution is 5.92. The summed E-state index contributed by atoms with van der Waals surface area (Å²) in [7, 11) is 0. The SMILES string of the molecule is CCN(Cc1ccccn1)C1=CC(=O)CC1. The Morgan fingerprint density at radius 3 is 2.81 bits per heavy atom. The number of hydrogen-bond donors (Lipinski definition) is 0. The van der Waals surface area contributed by atoms with Gasteiger partial charge in [-0.25, -0.2) is 0 Å². The summed E-state index contributed by atoms with van der Waals surface area (Å²) in [5.41, 5.74) is 2.20. The molecule has 0 saturated carbocycles. The number of rotatable bonds is 4. The molecule has 84 valence electrons. The molecule has 3 nitrogen and oxygen atoms in total. The molecule has 1 aliphatic carbocycles. The standard InChI is InChI=1S/C13H16N2O/c1-2-15(12-6-7-13(16)9-12)10-11-5-3-4-8-14-11/h3-5,8-9H,2,6-7,10H2,1H3. The van der Waals surface area contributed by atoms with Gasteiger partial charge in [0.25, 0.3) is 0 Å². The summed E-state index contributed by atoms with van der Waals surface area (Å²) >= 11 is 0. The third kappa shape index (κ3) is 2.48. The fourth-order valence-corrected chi connectivity index (χ4v) is 1.93. The highest BCUT2D eigenvalue weighted by atomic mass is 16.1. The zero-order chi connectivity index (χ0) is 11.4. The highest BCUT2D eigenvalue weighted by Gasteiger charge is 2.17. The van der Waals surface area contributed by atoms with Crippen LogP contribution in [0.2, 0.25) is 0 Å². The van der Waals surface area contributed by atoms with Crippen LogP contribution in [0.4, 0.5) is 0 Å². The van der Waals surface area contributed by atoms with Crippen LogP contribution < -0.4 is 0 Å². The number of aromatic nitrogens is 1. The van der Waals surface area contributed by atoms with Crippen molar-refractivity contribution in [2.75, 3.05) is 6.54 Å². The number of carbonyl (C=O) groups is 1. The molecule has 16 heavy (non-hydrogen) atoms. The van der Waals surface area contributed by atoms with Gasteiger partial charge in [0.15, 0.2) is 5.78 Å². The van der Waals surface area contributed by atoms with E-state index in [9.17, 15) is 4.79 Å². The molecule has 0 spiro atoms. The summed E-state index contributed by atoms with van der Waals surface area (Å²) in [4.78, 5) is 17.7. The van der Waals surface area contributed by atoms with Crippen LogP contribution in [-0.2, 0) is 11.3 Å². The number of nitrogens with zero attached hydrogens (tertiary/aromatic N) is 2. The molecule has 0 bridgehead atoms. The first-order valence-corrected chi connectivity index (χ1v) is 5.68. The van der Waals surface area contributed by atoms with Gasteiger partial charge in [0.05, 0.1) is 12.2 Å². The van der Waals surface area contributed by atoms with Crippen molar-refractivity contribution in [1.29, 1.82) is 0 Å². The lowest BCUT2D eigenvalue weighted by Gasteiger charge is -2.23. The lowest BCUT2D eigenvalue weighted by Crippen LogP contribution is -2.21. The Morgan fingerprint density at radius 2 is 2.25 bits per heavy atom. The van der Waals surface area contributed by atoms with E-state index in [0.29, 0.717) is 6.42 Å². The van der Waals surface area contributed by atoms with E-state index < -0.39 is 0 Å². The fraction of sp³-hybridized carbons (Fsp3) is 0.385. The van der Waals surface area contributed by atoms with Crippen LogP contribution in [0.5, 0.6) is 0 Å². The predicted molar refractivity (Wildman–Crippen MR) is 62.6 cm³/mol. The average Bonchev–Trinajstić information content (AvgIpc) is 2.74. The van der Waals surface area contributed by atoms with Gasteiger partial charge < -0.3 is 4.90 Å². The minimum atomic E-state index is 0.245. The van der Waals surface area contributed by atoms with Crippen LogP contribution in [-0.4, -0.2) is 22.2 Å². The number of allylic oxidation sites excluding steroid dienone is 2. The van der Waals surface area contributed by atoms with Gasteiger partial charge in [-0.3, -0.25) is 9.78 Å². The first kappa shape index (κ1) is 10.9. The first-order chi connectivity index (χ1) is 7.79. The van der Waals surface area contributed by atoms with E-state index in [0.717, 1.165) is 30.9 Å². The zero-order valence-electron chi connectivity index (χ0n) is 9.52. The van der Waals surface area contributed by atoms with E-state index >= 15 is 0 Å². The van der Waals surface area contributed by atoms with Gasteiger partial charge in [0.1, 0.15) is 0 Å². The quantitative estimate of drug-likeness (QED) is 0.773. The number of hydrogen-bond acceptors (Lipinski definition) is 3. The number of carbonyl (C=O) groups excluding carboxylic acids is 1. The summed E-state index contributed by atoms with van der Waals surface area (Å²) in [6, 6.07) is 5.92. The van der Waals surface area contributed by atoms with Crippen molar-refractivity contribution in [1.82, 2.24) is 9.88 Å². The minimum absolute atomic E-state index is 0.245. The second-order valence-corrected chi connectivity index (χ2v) is 3.94. The molecule has 0 aliphatic heterocycles. The highest BCUT2D eigenvalue weighted by Crippen LogP contribution is 2.20. The molecule has 0 saturated heterocycles. The van der Waals surface area contributed by atoms with Crippen molar-refractivity contribution in [3.63, 3.8) is 0 Å². The average molecular weight is 216 g/mol.